The Kier molecular flexibility index (Phi) is 4.24. The molecule has 1 aromatic heterocycles. The van der Waals surface area contributed by atoms with Crippen LogP contribution in [0.3, 0.4) is 0 Å². The molecule has 2 N–H and O–H groups in total. The number of carbonyl (C=O) groups is 1. The molecule has 22 heavy (non-hydrogen) atoms. The molecular formula is C17H22N4O. The Morgan fingerprint density at radius 1 is 1.45 bits per heavy atom. The van der Waals surface area contributed by atoms with E-state index in [9.17, 15) is 4.79 Å². The Morgan fingerprint density at radius 3 is 3.05 bits per heavy atom. The Bertz CT molecular complexity index is 630. The highest BCUT2D eigenvalue weighted by Crippen LogP contribution is 2.23. The van der Waals surface area contributed by atoms with Crippen LogP contribution in [0.1, 0.15) is 31.7 Å². The zero-order valence-electron chi connectivity index (χ0n) is 12.9. The minimum Gasteiger partial charge on any atom is -0.350 e. The maximum absolute atomic E-state index is 12.5. The smallest absolute Gasteiger partial charge is 0.240 e. The topological polar surface area (TPSA) is 59.0 Å². The molecule has 3 rings (SSSR count). The molecule has 1 aliphatic rings. The predicted octanol–water partition coefficient (Wildman–Crippen LogP) is 2.02. The summed E-state index contributed by atoms with van der Waals surface area (Å²) in [5, 5.41) is 10.7. The summed E-state index contributed by atoms with van der Waals surface area (Å²) < 4.78 is 1.82. The van der Waals surface area contributed by atoms with Gasteiger partial charge in [0.25, 0.3) is 0 Å². The van der Waals surface area contributed by atoms with Crippen LogP contribution in [0, 0.1) is 0 Å². The summed E-state index contributed by atoms with van der Waals surface area (Å²) in [5.41, 5.74) is 1.70. The highest BCUT2D eigenvalue weighted by Gasteiger charge is 2.38. The molecule has 0 aliphatic carbocycles. The number of hydrogen-bond acceptors (Lipinski definition) is 3. The van der Waals surface area contributed by atoms with E-state index in [4.69, 9.17) is 0 Å². The lowest BCUT2D eigenvalue weighted by atomic mass is 9.93. The lowest BCUT2D eigenvalue weighted by Gasteiger charge is -2.26. The monoisotopic (exact) mass is 298 g/mol. The fraction of sp³-hybridized carbons (Fsp3) is 0.412. The lowest BCUT2D eigenvalue weighted by molar-refractivity contribution is -0.127. The fourth-order valence-electron chi connectivity index (χ4n) is 3.04. The van der Waals surface area contributed by atoms with Crippen LogP contribution in [0.25, 0.3) is 5.69 Å². The maximum atomic E-state index is 12.5. The van der Waals surface area contributed by atoms with Gasteiger partial charge in [-0.25, -0.2) is 4.68 Å². The Hall–Kier alpha value is -2.14. The minimum atomic E-state index is -0.375. The molecule has 1 fully saturated rings. The Labute approximate surface area is 130 Å². The predicted molar refractivity (Wildman–Crippen MR) is 85.7 cm³/mol. The molecular weight excluding hydrogens is 276 g/mol. The summed E-state index contributed by atoms with van der Waals surface area (Å²) in [4.78, 5) is 12.5. The Balaban J connectivity index is 1.66. The highest BCUT2D eigenvalue weighted by atomic mass is 16.2. The highest BCUT2D eigenvalue weighted by molar-refractivity contribution is 5.86. The van der Waals surface area contributed by atoms with Crippen molar-refractivity contribution in [2.75, 3.05) is 6.54 Å². The SMILES string of the molecule is CCC1(C(=O)NCc2cccc(-n3cccn3)c2)CCCN1. The molecule has 2 aromatic rings. The zero-order valence-corrected chi connectivity index (χ0v) is 12.9. The van der Waals surface area contributed by atoms with Crippen LogP contribution in [0.2, 0.25) is 0 Å². The van der Waals surface area contributed by atoms with Crippen molar-refractivity contribution in [2.45, 2.75) is 38.3 Å². The first-order valence-corrected chi connectivity index (χ1v) is 7.86. The summed E-state index contributed by atoms with van der Waals surface area (Å²) in [6.07, 6.45) is 6.47. The van der Waals surface area contributed by atoms with Gasteiger partial charge in [-0.2, -0.15) is 5.10 Å². The normalized spacial score (nSPS) is 21.0. The number of carbonyl (C=O) groups excluding carboxylic acids is 1. The van der Waals surface area contributed by atoms with Crippen LogP contribution in [0.4, 0.5) is 0 Å². The number of amides is 1. The van der Waals surface area contributed by atoms with Crippen LogP contribution < -0.4 is 10.6 Å². The molecule has 5 heteroatoms. The van der Waals surface area contributed by atoms with Gasteiger partial charge in [0.05, 0.1) is 11.2 Å². The number of nitrogens with one attached hydrogen (secondary N) is 2. The first-order valence-electron chi connectivity index (χ1n) is 7.86. The first kappa shape index (κ1) is 14.8. The van der Waals surface area contributed by atoms with Gasteiger partial charge in [0.1, 0.15) is 0 Å². The van der Waals surface area contributed by atoms with E-state index in [1.165, 1.54) is 0 Å². The third kappa shape index (κ3) is 2.90. The van der Waals surface area contributed by atoms with E-state index in [0.29, 0.717) is 6.54 Å². The van der Waals surface area contributed by atoms with Crippen molar-refractivity contribution in [3.05, 3.63) is 48.3 Å². The quantitative estimate of drug-likeness (QED) is 0.888. The average molecular weight is 298 g/mol. The molecule has 1 atom stereocenters. The standard InChI is InChI=1S/C17H22N4O/c1-2-17(8-4-9-19-17)16(22)18-13-14-6-3-7-15(12-14)21-11-5-10-20-21/h3,5-7,10-12,19H,2,4,8-9,13H2,1H3,(H,18,22). The molecule has 0 radical (unpaired) electrons. The van der Waals surface area contributed by atoms with Gasteiger partial charge >= 0.3 is 0 Å². The van der Waals surface area contributed by atoms with E-state index in [1.54, 1.807) is 6.20 Å². The second-order valence-corrected chi connectivity index (χ2v) is 5.77. The van der Waals surface area contributed by atoms with Crippen molar-refractivity contribution in [3.63, 3.8) is 0 Å². The number of benzene rings is 1. The maximum Gasteiger partial charge on any atom is 0.240 e. The molecule has 1 aliphatic heterocycles. The van der Waals surface area contributed by atoms with Gasteiger partial charge in [0.2, 0.25) is 5.91 Å². The fourth-order valence-corrected chi connectivity index (χ4v) is 3.04. The van der Waals surface area contributed by atoms with Gasteiger partial charge in [-0.3, -0.25) is 4.79 Å². The summed E-state index contributed by atoms with van der Waals surface area (Å²) in [7, 11) is 0. The summed E-state index contributed by atoms with van der Waals surface area (Å²) in [5.74, 6) is 0.108. The summed E-state index contributed by atoms with van der Waals surface area (Å²) in [6, 6.07) is 9.96. The molecule has 0 saturated carbocycles. The zero-order chi connectivity index (χ0) is 15.4. The van der Waals surface area contributed by atoms with E-state index in [0.717, 1.165) is 37.1 Å². The number of rotatable bonds is 5. The first-order chi connectivity index (χ1) is 10.7. The van der Waals surface area contributed by atoms with Gasteiger partial charge in [0.15, 0.2) is 0 Å². The third-order valence-corrected chi connectivity index (χ3v) is 4.41. The van der Waals surface area contributed by atoms with E-state index in [-0.39, 0.29) is 11.4 Å². The second-order valence-electron chi connectivity index (χ2n) is 5.77. The van der Waals surface area contributed by atoms with Gasteiger partial charge in [0, 0.05) is 18.9 Å². The van der Waals surface area contributed by atoms with Crippen LogP contribution in [0.5, 0.6) is 0 Å². The molecule has 0 spiro atoms. The van der Waals surface area contributed by atoms with Gasteiger partial charge in [-0.05, 0) is 49.6 Å². The Morgan fingerprint density at radius 2 is 2.36 bits per heavy atom. The number of hydrogen-bond donors (Lipinski definition) is 2. The summed E-state index contributed by atoms with van der Waals surface area (Å²) in [6.45, 7) is 3.53. The van der Waals surface area contributed by atoms with Crippen molar-refractivity contribution in [3.8, 4) is 5.69 Å². The van der Waals surface area contributed by atoms with E-state index >= 15 is 0 Å². The van der Waals surface area contributed by atoms with Gasteiger partial charge in [-0.1, -0.05) is 19.1 Å². The van der Waals surface area contributed by atoms with Gasteiger partial charge < -0.3 is 10.6 Å². The molecule has 1 saturated heterocycles. The molecule has 1 unspecified atom stereocenters. The number of aromatic nitrogens is 2. The molecule has 116 valence electrons. The molecule has 1 amide bonds. The van der Waals surface area contributed by atoms with Crippen LogP contribution >= 0.6 is 0 Å². The van der Waals surface area contributed by atoms with E-state index in [1.807, 2.05) is 41.2 Å². The van der Waals surface area contributed by atoms with Crippen molar-refractivity contribution < 1.29 is 4.79 Å². The van der Waals surface area contributed by atoms with Gasteiger partial charge in [-0.15, -0.1) is 0 Å². The van der Waals surface area contributed by atoms with Crippen LogP contribution in [-0.4, -0.2) is 27.8 Å². The molecule has 5 nitrogen and oxygen atoms in total. The van der Waals surface area contributed by atoms with E-state index in [2.05, 4.69) is 22.7 Å². The summed E-state index contributed by atoms with van der Waals surface area (Å²) >= 11 is 0. The lowest BCUT2D eigenvalue weighted by Crippen LogP contribution is -2.52. The number of nitrogens with zero attached hydrogens (tertiary/aromatic N) is 2. The van der Waals surface area contributed by atoms with Crippen molar-refractivity contribution >= 4 is 5.91 Å². The average Bonchev–Trinajstić information content (AvgIpc) is 3.24. The van der Waals surface area contributed by atoms with E-state index < -0.39 is 0 Å². The van der Waals surface area contributed by atoms with Crippen LogP contribution in [-0.2, 0) is 11.3 Å². The minimum absolute atomic E-state index is 0.108. The van der Waals surface area contributed by atoms with Crippen molar-refractivity contribution in [1.82, 2.24) is 20.4 Å². The van der Waals surface area contributed by atoms with Crippen LogP contribution in [0.15, 0.2) is 42.7 Å². The molecule has 1 aromatic carbocycles. The van der Waals surface area contributed by atoms with Crippen molar-refractivity contribution in [2.24, 2.45) is 0 Å². The van der Waals surface area contributed by atoms with Crippen molar-refractivity contribution in [1.29, 1.82) is 0 Å². The third-order valence-electron chi connectivity index (χ3n) is 4.41. The second kappa shape index (κ2) is 6.32. The molecule has 0 bridgehead atoms. The largest absolute Gasteiger partial charge is 0.350 e. The molecule has 2 heterocycles.